The summed E-state index contributed by atoms with van der Waals surface area (Å²) < 4.78 is 0. The van der Waals surface area contributed by atoms with E-state index in [1.165, 1.54) is 5.56 Å². The lowest BCUT2D eigenvalue weighted by Gasteiger charge is -1.96. The van der Waals surface area contributed by atoms with Gasteiger partial charge in [0, 0.05) is 6.20 Å². The first-order valence-corrected chi connectivity index (χ1v) is 3.75. The van der Waals surface area contributed by atoms with Crippen molar-refractivity contribution in [3.63, 3.8) is 0 Å². The predicted molar refractivity (Wildman–Crippen MR) is 41.8 cm³/mol. The molecular weight excluding hydrogens is 138 g/mol. The smallest absolute Gasteiger partial charge is 0.109 e. The second-order valence-electron chi connectivity index (χ2n) is 2.56. The molecule has 0 saturated heterocycles. The van der Waals surface area contributed by atoms with Gasteiger partial charge in [-0.25, -0.2) is 0 Å². The van der Waals surface area contributed by atoms with Crippen LogP contribution in [0.25, 0.3) is 0 Å². The van der Waals surface area contributed by atoms with Gasteiger partial charge in [-0.2, -0.15) is 10.2 Å². The van der Waals surface area contributed by atoms with E-state index in [0.717, 1.165) is 17.8 Å². The van der Waals surface area contributed by atoms with Gasteiger partial charge in [0.05, 0.1) is 5.69 Å². The molecule has 0 amide bonds. The number of aromatic nitrogens is 1. The Bertz CT molecular complexity index is 304. The molecule has 1 aliphatic rings. The molecule has 0 N–H and O–H groups in total. The molecule has 1 aliphatic heterocycles. The van der Waals surface area contributed by atoms with E-state index in [2.05, 4.69) is 28.2 Å². The summed E-state index contributed by atoms with van der Waals surface area (Å²) in [6, 6.07) is 2.05. The van der Waals surface area contributed by atoms with Gasteiger partial charge in [0.15, 0.2) is 0 Å². The maximum absolute atomic E-state index is 4.24. The van der Waals surface area contributed by atoms with Crippen molar-refractivity contribution in [2.24, 2.45) is 10.2 Å². The molecule has 1 aromatic rings. The lowest BCUT2D eigenvalue weighted by Crippen LogP contribution is -1.86. The van der Waals surface area contributed by atoms with E-state index < -0.39 is 0 Å². The SMILES string of the molecule is CCc1cnc2c(c1)N=NC2. The zero-order chi connectivity index (χ0) is 7.68. The van der Waals surface area contributed by atoms with Crippen LogP contribution in [0, 0.1) is 0 Å². The minimum Gasteiger partial charge on any atom is -0.257 e. The second kappa shape index (κ2) is 2.42. The highest BCUT2D eigenvalue weighted by Crippen LogP contribution is 2.25. The molecule has 2 rings (SSSR count). The van der Waals surface area contributed by atoms with Crippen LogP contribution in [-0.2, 0) is 13.0 Å². The number of pyridine rings is 1. The molecule has 0 unspecified atom stereocenters. The maximum Gasteiger partial charge on any atom is 0.109 e. The van der Waals surface area contributed by atoms with Gasteiger partial charge in [0.1, 0.15) is 12.2 Å². The van der Waals surface area contributed by atoms with Crippen LogP contribution < -0.4 is 0 Å². The van der Waals surface area contributed by atoms with Crippen molar-refractivity contribution >= 4 is 5.69 Å². The van der Waals surface area contributed by atoms with Gasteiger partial charge in [-0.1, -0.05) is 6.92 Å². The molecule has 0 spiro atoms. The largest absolute Gasteiger partial charge is 0.257 e. The van der Waals surface area contributed by atoms with Crippen molar-refractivity contribution in [2.75, 3.05) is 0 Å². The van der Waals surface area contributed by atoms with E-state index in [9.17, 15) is 0 Å². The molecule has 0 aromatic carbocycles. The number of azo groups is 1. The van der Waals surface area contributed by atoms with Crippen LogP contribution in [0.2, 0.25) is 0 Å². The summed E-state index contributed by atoms with van der Waals surface area (Å²) in [5.41, 5.74) is 3.18. The predicted octanol–water partition coefficient (Wildman–Crippen LogP) is 2.24. The van der Waals surface area contributed by atoms with E-state index in [4.69, 9.17) is 0 Å². The average Bonchev–Trinajstić information content (AvgIpc) is 2.50. The summed E-state index contributed by atoms with van der Waals surface area (Å²) in [5, 5.41) is 7.86. The number of aryl methyl sites for hydroxylation is 1. The van der Waals surface area contributed by atoms with Crippen LogP contribution >= 0.6 is 0 Å². The Balaban J connectivity index is 2.47. The van der Waals surface area contributed by atoms with E-state index >= 15 is 0 Å². The van der Waals surface area contributed by atoms with Crippen LogP contribution in [0.15, 0.2) is 22.5 Å². The molecule has 0 radical (unpaired) electrons. The van der Waals surface area contributed by atoms with Gasteiger partial charge >= 0.3 is 0 Å². The van der Waals surface area contributed by atoms with Gasteiger partial charge < -0.3 is 0 Å². The number of fused-ring (bicyclic) bond motifs is 1. The maximum atomic E-state index is 4.24. The molecule has 1 aromatic heterocycles. The highest BCUT2D eigenvalue weighted by atomic mass is 15.1. The Morgan fingerprint density at radius 3 is 3.27 bits per heavy atom. The minimum atomic E-state index is 0.652. The van der Waals surface area contributed by atoms with E-state index in [-0.39, 0.29) is 0 Å². The minimum absolute atomic E-state index is 0.652. The van der Waals surface area contributed by atoms with Crippen molar-refractivity contribution in [2.45, 2.75) is 19.9 Å². The summed E-state index contributed by atoms with van der Waals surface area (Å²) in [6.07, 6.45) is 2.91. The normalized spacial score (nSPS) is 13.5. The quantitative estimate of drug-likeness (QED) is 0.600. The third-order valence-corrected chi connectivity index (χ3v) is 1.81. The van der Waals surface area contributed by atoms with Gasteiger partial charge in [0.25, 0.3) is 0 Å². The van der Waals surface area contributed by atoms with Gasteiger partial charge in [-0.05, 0) is 18.1 Å². The Labute approximate surface area is 65.2 Å². The summed E-state index contributed by atoms with van der Waals surface area (Å²) in [7, 11) is 0. The zero-order valence-electron chi connectivity index (χ0n) is 6.41. The Kier molecular flexibility index (Phi) is 1.42. The molecule has 0 aliphatic carbocycles. The first-order valence-electron chi connectivity index (χ1n) is 3.75. The highest BCUT2D eigenvalue weighted by molar-refractivity contribution is 5.45. The monoisotopic (exact) mass is 147 g/mol. The molecule has 0 fully saturated rings. The number of hydrogen-bond donors (Lipinski definition) is 0. The molecule has 0 bridgehead atoms. The van der Waals surface area contributed by atoms with Crippen molar-refractivity contribution < 1.29 is 0 Å². The number of hydrogen-bond acceptors (Lipinski definition) is 3. The van der Waals surface area contributed by atoms with E-state index in [1.54, 1.807) is 0 Å². The van der Waals surface area contributed by atoms with E-state index in [0.29, 0.717) is 6.54 Å². The molecule has 3 nitrogen and oxygen atoms in total. The lowest BCUT2D eigenvalue weighted by atomic mass is 10.2. The molecule has 2 heterocycles. The summed E-state index contributed by atoms with van der Waals surface area (Å²) in [5.74, 6) is 0. The molecule has 11 heavy (non-hydrogen) atoms. The van der Waals surface area contributed by atoms with Gasteiger partial charge in [0.2, 0.25) is 0 Å². The Morgan fingerprint density at radius 1 is 1.55 bits per heavy atom. The van der Waals surface area contributed by atoms with Crippen molar-refractivity contribution in [3.05, 3.63) is 23.5 Å². The average molecular weight is 147 g/mol. The molecule has 56 valence electrons. The Morgan fingerprint density at radius 2 is 2.45 bits per heavy atom. The zero-order valence-corrected chi connectivity index (χ0v) is 6.41. The van der Waals surface area contributed by atoms with Crippen molar-refractivity contribution in [1.82, 2.24) is 4.98 Å². The molecule has 0 atom stereocenters. The van der Waals surface area contributed by atoms with Crippen LogP contribution in [-0.4, -0.2) is 4.98 Å². The van der Waals surface area contributed by atoms with Crippen LogP contribution in [0.1, 0.15) is 18.2 Å². The van der Waals surface area contributed by atoms with Crippen LogP contribution in [0.4, 0.5) is 5.69 Å². The van der Waals surface area contributed by atoms with Crippen molar-refractivity contribution in [1.29, 1.82) is 0 Å². The highest BCUT2D eigenvalue weighted by Gasteiger charge is 2.08. The second-order valence-corrected chi connectivity index (χ2v) is 2.56. The summed E-state index contributed by atoms with van der Waals surface area (Å²) in [6.45, 7) is 2.76. The molecular formula is C8H9N3. The van der Waals surface area contributed by atoms with Gasteiger partial charge in [-0.3, -0.25) is 4.98 Å². The lowest BCUT2D eigenvalue weighted by molar-refractivity contribution is 0.988. The topological polar surface area (TPSA) is 37.6 Å². The first kappa shape index (κ1) is 6.46. The third kappa shape index (κ3) is 1.02. The summed E-state index contributed by atoms with van der Waals surface area (Å²) in [4.78, 5) is 4.24. The standard InChI is InChI=1S/C8H9N3/c1-2-6-3-7-8(9-4-6)5-10-11-7/h3-4H,2,5H2,1H3. The Hall–Kier alpha value is -1.25. The van der Waals surface area contributed by atoms with Crippen LogP contribution in [0.5, 0.6) is 0 Å². The molecule has 3 heteroatoms. The number of rotatable bonds is 1. The summed E-state index contributed by atoms with van der Waals surface area (Å²) >= 11 is 0. The number of nitrogens with zero attached hydrogens (tertiary/aromatic N) is 3. The molecule has 0 saturated carbocycles. The fourth-order valence-corrected chi connectivity index (χ4v) is 1.10. The fourth-order valence-electron chi connectivity index (χ4n) is 1.10. The van der Waals surface area contributed by atoms with Crippen LogP contribution in [0.3, 0.4) is 0 Å². The third-order valence-electron chi connectivity index (χ3n) is 1.81. The van der Waals surface area contributed by atoms with Gasteiger partial charge in [-0.15, -0.1) is 0 Å². The fraction of sp³-hybridized carbons (Fsp3) is 0.375. The van der Waals surface area contributed by atoms with E-state index in [1.807, 2.05) is 6.20 Å². The van der Waals surface area contributed by atoms with Crippen molar-refractivity contribution in [3.8, 4) is 0 Å². The first-order chi connectivity index (χ1) is 5.40.